The average Bonchev–Trinajstić information content (AvgIpc) is 3.38. The molecule has 6 atom stereocenters. The summed E-state index contributed by atoms with van der Waals surface area (Å²) in [7, 11) is 1.42. The van der Waals surface area contributed by atoms with Crippen molar-refractivity contribution in [3.05, 3.63) is 70.5 Å². The summed E-state index contributed by atoms with van der Waals surface area (Å²) < 4.78 is 19.3. The first kappa shape index (κ1) is 31.5. The number of carbonyl (C=O) groups excluding carboxylic acids is 4. The van der Waals surface area contributed by atoms with E-state index in [1.54, 1.807) is 25.1 Å². The van der Waals surface area contributed by atoms with E-state index in [2.05, 4.69) is 0 Å². The Balaban J connectivity index is 1.42. The number of carboxylic acids is 1. The Labute approximate surface area is 269 Å². The minimum atomic E-state index is -1.29. The Bertz CT molecular complexity index is 1740. The van der Waals surface area contributed by atoms with Crippen LogP contribution in [0.2, 0.25) is 5.02 Å². The Morgan fingerprint density at radius 1 is 1.11 bits per heavy atom. The van der Waals surface area contributed by atoms with Gasteiger partial charge in [0.15, 0.2) is 11.5 Å². The van der Waals surface area contributed by atoms with E-state index >= 15 is 0 Å². The number of allylic oxidation sites excluding steroid dienone is 3. The highest BCUT2D eigenvalue weighted by Gasteiger charge is 2.66. The predicted molar refractivity (Wildman–Crippen MR) is 164 cm³/mol. The summed E-state index contributed by atoms with van der Waals surface area (Å²) in [5.74, 6) is -6.76. The van der Waals surface area contributed by atoms with E-state index in [1.165, 1.54) is 25.3 Å². The molecule has 10 nitrogen and oxygen atoms in total. The number of nitrogens with zero attached hydrogens (tertiary/aromatic N) is 2. The van der Waals surface area contributed by atoms with E-state index in [1.807, 2.05) is 12.2 Å². The van der Waals surface area contributed by atoms with Gasteiger partial charge in [-0.15, -0.1) is 0 Å². The highest BCUT2D eigenvalue weighted by molar-refractivity contribution is 6.31. The number of anilines is 1. The molecule has 0 unspecified atom stereocenters. The zero-order valence-electron chi connectivity index (χ0n) is 25.1. The van der Waals surface area contributed by atoms with Gasteiger partial charge in [-0.1, -0.05) is 41.5 Å². The number of fused-ring (bicyclic) bond motifs is 4. The van der Waals surface area contributed by atoms with Crippen LogP contribution in [0.25, 0.3) is 6.08 Å². The monoisotopic (exact) mass is 650 g/mol. The largest absolute Gasteiger partial charge is 0.504 e. The first-order valence-electron chi connectivity index (χ1n) is 15.0. The van der Waals surface area contributed by atoms with Crippen LogP contribution in [0.3, 0.4) is 0 Å². The molecule has 2 aromatic rings. The molecule has 4 aliphatic rings. The third kappa shape index (κ3) is 4.88. The lowest BCUT2D eigenvalue weighted by atomic mass is 9.52. The Morgan fingerprint density at radius 2 is 1.87 bits per heavy atom. The van der Waals surface area contributed by atoms with Gasteiger partial charge in [0.05, 0.1) is 41.0 Å². The van der Waals surface area contributed by atoms with Gasteiger partial charge in [-0.2, -0.15) is 0 Å². The van der Waals surface area contributed by atoms with Gasteiger partial charge in [-0.3, -0.25) is 28.9 Å². The second-order valence-corrected chi connectivity index (χ2v) is 12.8. The van der Waals surface area contributed by atoms with Crippen LogP contribution in [0.1, 0.15) is 38.2 Å². The lowest BCUT2D eigenvalue weighted by Gasteiger charge is -2.47. The van der Waals surface area contributed by atoms with E-state index in [0.717, 1.165) is 21.4 Å². The lowest BCUT2D eigenvalue weighted by Crippen LogP contribution is -2.49. The third-order valence-corrected chi connectivity index (χ3v) is 10.3. The van der Waals surface area contributed by atoms with Gasteiger partial charge >= 0.3 is 5.97 Å². The number of benzene rings is 2. The quantitative estimate of drug-likeness (QED) is 0.306. The van der Waals surface area contributed by atoms with Gasteiger partial charge in [0.1, 0.15) is 5.82 Å². The number of ether oxygens (including phenoxy) is 1. The fourth-order valence-electron chi connectivity index (χ4n) is 7.77. The van der Waals surface area contributed by atoms with Crippen LogP contribution < -0.4 is 9.64 Å². The normalized spacial score (nSPS) is 28.8. The highest BCUT2D eigenvalue weighted by atomic mass is 35.5. The molecule has 3 fully saturated rings. The second-order valence-electron chi connectivity index (χ2n) is 12.4. The molecular weight excluding hydrogens is 619 g/mol. The molecular formula is C34H32ClFN2O8. The average molecular weight is 651 g/mol. The molecule has 2 saturated heterocycles. The van der Waals surface area contributed by atoms with Crippen LogP contribution in [0, 0.1) is 40.8 Å². The van der Waals surface area contributed by atoms with Crippen molar-refractivity contribution in [1.82, 2.24) is 4.90 Å². The van der Waals surface area contributed by atoms with Crippen molar-refractivity contribution < 1.29 is 43.3 Å². The van der Waals surface area contributed by atoms with Crippen LogP contribution in [0.15, 0.2) is 54.1 Å². The van der Waals surface area contributed by atoms with Gasteiger partial charge < -0.3 is 14.9 Å². The van der Waals surface area contributed by atoms with E-state index < -0.39 is 64.5 Å². The van der Waals surface area contributed by atoms with Crippen LogP contribution in [-0.4, -0.2) is 58.4 Å². The number of amides is 4. The smallest absolute Gasteiger partial charge is 0.303 e. The number of phenols is 1. The first-order chi connectivity index (χ1) is 21.9. The van der Waals surface area contributed by atoms with Crippen LogP contribution in [-0.2, 0) is 24.0 Å². The predicted octanol–water partition coefficient (Wildman–Crippen LogP) is 4.83. The third-order valence-electron chi connectivity index (χ3n) is 10.1. The molecule has 0 aromatic heterocycles. The van der Waals surface area contributed by atoms with Gasteiger partial charge in [-0.25, -0.2) is 9.29 Å². The maximum absolute atomic E-state index is 14.4. The molecule has 6 rings (SSSR count). The molecule has 2 N–H and O–H groups in total. The number of rotatable bonds is 8. The zero-order chi connectivity index (χ0) is 33.1. The van der Waals surface area contributed by atoms with Crippen LogP contribution >= 0.6 is 11.6 Å². The van der Waals surface area contributed by atoms with Crippen molar-refractivity contribution in [1.29, 1.82) is 0 Å². The summed E-state index contributed by atoms with van der Waals surface area (Å²) >= 11 is 6.04. The molecule has 46 heavy (non-hydrogen) atoms. The van der Waals surface area contributed by atoms with E-state index in [-0.39, 0.29) is 60.3 Å². The summed E-state index contributed by atoms with van der Waals surface area (Å²) in [6.45, 7) is 1.71. The number of hydrogen-bond donors (Lipinski definition) is 2. The van der Waals surface area contributed by atoms with Crippen molar-refractivity contribution >= 4 is 53.0 Å². The molecule has 2 aromatic carbocycles. The molecule has 4 amide bonds. The number of carboxylic acid groups (broad SMARTS) is 1. The van der Waals surface area contributed by atoms with Gasteiger partial charge in [-0.05, 0) is 68.0 Å². The molecule has 1 saturated carbocycles. The molecule has 0 radical (unpaired) electrons. The minimum absolute atomic E-state index is 0.0112. The van der Waals surface area contributed by atoms with Gasteiger partial charge in [0.2, 0.25) is 23.6 Å². The number of carbonyl (C=O) groups is 5. The summed E-state index contributed by atoms with van der Waals surface area (Å²) in [5, 5.41) is 18.9. The standard InChI is InChI=1S/C34H32ClFN2O8/c1-34-22(10-5-17-6-12-26(39)27(14-17)46-2)19-8-9-20-29(32(44)37(30(20)42)13-3-4-28(40)41)21(19)16-23(34)31(43)38(33(34)45)18-7-11-25(36)24(35)15-18/h5-8,10-12,14-15,20-23,29,39H,3-4,9,13,16H2,1-2H3,(H,40,41)/t20-,21+,22-,23-,29-,34-/m0/s1. The fraction of sp³-hybridized carbons (Fsp3) is 0.382. The summed E-state index contributed by atoms with van der Waals surface area (Å²) in [4.78, 5) is 68.9. The summed E-state index contributed by atoms with van der Waals surface area (Å²) in [6, 6.07) is 8.41. The molecule has 2 heterocycles. The van der Waals surface area contributed by atoms with Gasteiger partial charge in [0, 0.05) is 18.9 Å². The molecule has 2 aliphatic heterocycles. The number of phenolic OH excluding ortho intramolecular Hbond substituents is 1. The van der Waals surface area contributed by atoms with Crippen molar-refractivity contribution in [2.24, 2.45) is 35.0 Å². The second kappa shape index (κ2) is 11.7. The fourth-order valence-corrected chi connectivity index (χ4v) is 7.94. The van der Waals surface area contributed by atoms with Gasteiger partial charge in [0.25, 0.3) is 0 Å². The Kier molecular flexibility index (Phi) is 8.00. The minimum Gasteiger partial charge on any atom is -0.504 e. The topological polar surface area (TPSA) is 142 Å². The first-order valence-corrected chi connectivity index (χ1v) is 15.4. The zero-order valence-corrected chi connectivity index (χ0v) is 25.9. The number of aliphatic carboxylic acids is 1. The number of methoxy groups -OCH3 is 1. The lowest BCUT2D eigenvalue weighted by molar-refractivity contribution is -0.142. The number of likely N-dealkylation sites (tertiary alicyclic amines) is 1. The van der Waals surface area contributed by atoms with Crippen LogP contribution in [0.4, 0.5) is 10.1 Å². The van der Waals surface area contributed by atoms with E-state index in [4.69, 9.17) is 21.4 Å². The summed E-state index contributed by atoms with van der Waals surface area (Å²) in [6.07, 6.45) is 5.82. The van der Waals surface area contributed by atoms with Crippen LogP contribution in [0.5, 0.6) is 11.5 Å². The number of halogens is 2. The van der Waals surface area contributed by atoms with Crippen molar-refractivity contribution in [2.75, 3.05) is 18.6 Å². The van der Waals surface area contributed by atoms with E-state index in [0.29, 0.717) is 5.56 Å². The molecule has 12 heteroatoms. The maximum atomic E-state index is 14.4. The maximum Gasteiger partial charge on any atom is 0.303 e. The Morgan fingerprint density at radius 3 is 2.57 bits per heavy atom. The molecule has 0 spiro atoms. The molecule has 2 aliphatic carbocycles. The highest BCUT2D eigenvalue weighted by Crippen LogP contribution is 2.61. The SMILES string of the molecule is COc1cc(C=C[C@H]2C3=CC[C@@H]4C(=O)N(CCCC(=O)O)C(=O)[C@@H]4[C@@H]3C[C@H]3C(=O)N(c4ccc(F)c(Cl)c4)C(=O)[C@@]23C)ccc1O. The number of hydrogen-bond acceptors (Lipinski definition) is 7. The molecule has 0 bridgehead atoms. The number of aromatic hydroxyl groups is 1. The van der Waals surface area contributed by atoms with Crippen molar-refractivity contribution in [3.63, 3.8) is 0 Å². The van der Waals surface area contributed by atoms with E-state index in [9.17, 15) is 33.5 Å². The van der Waals surface area contributed by atoms with Crippen molar-refractivity contribution in [2.45, 2.75) is 32.6 Å². The molecule has 240 valence electrons. The Hall–Kier alpha value is -4.51. The summed E-state index contributed by atoms with van der Waals surface area (Å²) in [5.41, 5.74) is 0.268. The van der Waals surface area contributed by atoms with Crippen molar-refractivity contribution in [3.8, 4) is 11.5 Å². The number of imide groups is 2.